The molecule has 2 aromatic carbocycles. The van der Waals surface area contributed by atoms with Gasteiger partial charge in [0.25, 0.3) is 5.92 Å². The number of hydrogen-bond acceptors (Lipinski definition) is 8. The number of piperazine rings is 1. The minimum Gasteiger partial charge on any atom is -0.465 e. The van der Waals surface area contributed by atoms with Gasteiger partial charge in [0.2, 0.25) is 0 Å². The van der Waals surface area contributed by atoms with Crippen molar-refractivity contribution in [2.75, 3.05) is 62.2 Å². The standard InChI is InChI=1S/C31H34ClF2N7O3/c32-24-6-1-4-21-5-2-7-26(27(21)24)39-13-9-23-25(19-39)36-29(44-17-16-38-12-3-10-31(33,34)20-38)37-28(23)40-14-15-41(30(42)43)22(18-40)8-11-35/h1-2,4-7,22H,3,8-10,12-20H2,(H,42,43). The third-order valence-corrected chi connectivity index (χ3v) is 8.98. The number of halogens is 3. The number of aromatic nitrogens is 2. The number of amides is 1. The Kier molecular flexibility index (Phi) is 8.60. The van der Waals surface area contributed by atoms with Crippen LogP contribution in [0.25, 0.3) is 10.8 Å². The summed E-state index contributed by atoms with van der Waals surface area (Å²) >= 11 is 6.65. The van der Waals surface area contributed by atoms with E-state index in [0.717, 1.165) is 27.7 Å². The third-order valence-electron chi connectivity index (χ3n) is 8.66. The summed E-state index contributed by atoms with van der Waals surface area (Å²) in [5.74, 6) is -2.03. The molecule has 0 bridgehead atoms. The molecule has 1 amide bonds. The zero-order valence-corrected chi connectivity index (χ0v) is 25.0. The fraction of sp³-hybridized carbons (Fsp3) is 0.484. The van der Waals surface area contributed by atoms with E-state index >= 15 is 0 Å². The fourth-order valence-electron chi connectivity index (χ4n) is 6.54. The van der Waals surface area contributed by atoms with Crippen molar-refractivity contribution in [1.82, 2.24) is 19.8 Å². The average molecular weight is 626 g/mol. The van der Waals surface area contributed by atoms with Crippen LogP contribution in [0.4, 0.5) is 25.1 Å². The second kappa shape index (κ2) is 12.6. The number of hydrogen-bond donors (Lipinski definition) is 1. The number of piperidine rings is 1. The van der Waals surface area contributed by atoms with E-state index in [1.54, 1.807) is 4.90 Å². The Hall–Kier alpha value is -3.95. The summed E-state index contributed by atoms with van der Waals surface area (Å²) in [6.07, 6.45) is -0.00712. The van der Waals surface area contributed by atoms with E-state index in [1.807, 2.05) is 41.3 Å². The highest BCUT2D eigenvalue weighted by Gasteiger charge is 2.36. The van der Waals surface area contributed by atoms with E-state index < -0.39 is 18.1 Å². The van der Waals surface area contributed by atoms with Crippen LogP contribution in [-0.4, -0.2) is 95.4 Å². The van der Waals surface area contributed by atoms with Crippen molar-refractivity contribution in [1.29, 1.82) is 5.26 Å². The third kappa shape index (κ3) is 6.30. The SMILES string of the molecule is N#CCC1CN(c2nc(OCCN3CCCC(F)(F)C3)nc3c2CCN(c2cccc4cccc(Cl)c24)C3)CCN1C(=O)O. The molecule has 1 N–H and O–H groups in total. The molecule has 4 heterocycles. The lowest BCUT2D eigenvalue weighted by atomic mass is 10.0. The normalized spacial score (nSPS) is 20.3. The first-order valence-electron chi connectivity index (χ1n) is 14.9. The highest BCUT2D eigenvalue weighted by atomic mass is 35.5. The molecule has 1 aromatic heterocycles. The molecule has 1 unspecified atom stereocenters. The number of carboxylic acid groups (broad SMARTS) is 1. The van der Waals surface area contributed by atoms with Crippen LogP contribution in [0, 0.1) is 11.3 Å². The molecule has 0 radical (unpaired) electrons. The minimum absolute atomic E-state index is 0.0650. The molecule has 0 aliphatic carbocycles. The average Bonchev–Trinajstić information content (AvgIpc) is 3.00. The summed E-state index contributed by atoms with van der Waals surface area (Å²) in [6.45, 7) is 2.90. The predicted octanol–water partition coefficient (Wildman–Crippen LogP) is 5.04. The molecule has 10 nitrogen and oxygen atoms in total. The first-order chi connectivity index (χ1) is 21.2. The Morgan fingerprint density at radius 2 is 1.95 bits per heavy atom. The van der Waals surface area contributed by atoms with Gasteiger partial charge >= 0.3 is 12.1 Å². The van der Waals surface area contributed by atoms with Crippen LogP contribution in [0.3, 0.4) is 0 Å². The maximum absolute atomic E-state index is 13.9. The first kappa shape index (κ1) is 30.1. The summed E-state index contributed by atoms with van der Waals surface area (Å²) in [6, 6.07) is 13.7. The molecule has 44 heavy (non-hydrogen) atoms. The first-order valence-corrected chi connectivity index (χ1v) is 15.3. The van der Waals surface area contributed by atoms with Crippen molar-refractivity contribution in [3.8, 4) is 12.1 Å². The van der Waals surface area contributed by atoms with E-state index in [2.05, 4.69) is 11.0 Å². The molecule has 2 fully saturated rings. The van der Waals surface area contributed by atoms with Gasteiger partial charge in [0, 0.05) is 55.8 Å². The number of rotatable bonds is 7. The molecule has 13 heteroatoms. The number of likely N-dealkylation sites (tertiary alicyclic amines) is 1. The van der Waals surface area contributed by atoms with Crippen molar-refractivity contribution in [2.45, 2.75) is 44.2 Å². The van der Waals surface area contributed by atoms with E-state index in [9.17, 15) is 23.9 Å². The van der Waals surface area contributed by atoms with Crippen LogP contribution in [0.1, 0.15) is 30.5 Å². The van der Waals surface area contributed by atoms with E-state index in [-0.39, 0.29) is 38.5 Å². The Bertz CT molecular complexity index is 1580. The van der Waals surface area contributed by atoms with Gasteiger partial charge < -0.3 is 24.5 Å². The number of ether oxygens (including phenoxy) is 1. The molecule has 2 saturated heterocycles. The van der Waals surface area contributed by atoms with Gasteiger partial charge in [-0.05, 0) is 36.9 Å². The van der Waals surface area contributed by atoms with E-state index in [0.29, 0.717) is 63.0 Å². The maximum Gasteiger partial charge on any atom is 0.407 e. The number of anilines is 2. The summed E-state index contributed by atoms with van der Waals surface area (Å²) in [4.78, 5) is 28.7. The van der Waals surface area contributed by atoms with Crippen LogP contribution < -0.4 is 14.5 Å². The van der Waals surface area contributed by atoms with Crippen LogP contribution >= 0.6 is 11.6 Å². The monoisotopic (exact) mass is 625 g/mol. The van der Waals surface area contributed by atoms with Crippen molar-refractivity contribution in [2.24, 2.45) is 0 Å². The highest BCUT2D eigenvalue weighted by Crippen LogP contribution is 2.37. The number of benzene rings is 2. The molecule has 1 atom stereocenters. The Morgan fingerprint density at radius 1 is 1.14 bits per heavy atom. The topological polar surface area (TPSA) is 109 Å². The van der Waals surface area contributed by atoms with Gasteiger partial charge in [0.15, 0.2) is 0 Å². The zero-order valence-electron chi connectivity index (χ0n) is 24.3. The van der Waals surface area contributed by atoms with Crippen LogP contribution in [-0.2, 0) is 13.0 Å². The molecule has 0 spiro atoms. The lowest BCUT2D eigenvalue weighted by Gasteiger charge is -2.41. The number of carbonyl (C=O) groups is 1. The van der Waals surface area contributed by atoms with E-state index in [1.165, 1.54) is 4.90 Å². The highest BCUT2D eigenvalue weighted by molar-refractivity contribution is 6.36. The smallest absolute Gasteiger partial charge is 0.407 e. The zero-order chi connectivity index (χ0) is 30.8. The van der Waals surface area contributed by atoms with Crippen LogP contribution in [0.15, 0.2) is 36.4 Å². The van der Waals surface area contributed by atoms with Crippen molar-refractivity contribution < 1.29 is 23.4 Å². The fourth-order valence-corrected chi connectivity index (χ4v) is 6.82. The lowest BCUT2D eigenvalue weighted by molar-refractivity contribution is -0.0658. The predicted molar refractivity (Wildman–Crippen MR) is 163 cm³/mol. The summed E-state index contributed by atoms with van der Waals surface area (Å²) < 4.78 is 33.9. The Balaban J connectivity index is 1.29. The van der Waals surface area contributed by atoms with Gasteiger partial charge in [-0.15, -0.1) is 0 Å². The molecule has 3 aliphatic heterocycles. The number of fused-ring (bicyclic) bond motifs is 2. The van der Waals surface area contributed by atoms with Gasteiger partial charge in [-0.1, -0.05) is 35.9 Å². The van der Waals surface area contributed by atoms with E-state index in [4.69, 9.17) is 26.3 Å². The lowest BCUT2D eigenvalue weighted by Crippen LogP contribution is -2.55. The van der Waals surface area contributed by atoms with Crippen LogP contribution in [0.5, 0.6) is 6.01 Å². The Labute approximate surface area is 259 Å². The summed E-state index contributed by atoms with van der Waals surface area (Å²) in [5, 5.41) is 21.7. The van der Waals surface area contributed by atoms with Crippen molar-refractivity contribution >= 4 is 40.0 Å². The van der Waals surface area contributed by atoms with Crippen LogP contribution in [0.2, 0.25) is 5.02 Å². The second-order valence-electron chi connectivity index (χ2n) is 11.6. The number of nitrogens with zero attached hydrogens (tertiary/aromatic N) is 7. The van der Waals surface area contributed by atoms with Crippen molar-refractivity contribution in [3.05, 3.63) is 52.7 Å². The largest absolute Gasteiger partial charge is 0.465 e. The number of alkyl halides is 2. The Morgan fingerprint density at radius 3 is 2.73 bits per heavy atom. The molecule has 3 aliphatic rings. The van der Waals surface area contributed by atoms with Gasteiger partial charge in [-0.3, -0.25) is 4.90 Å². The molecular formula is C31H34ClF2N7O3. The number of nitriles is 1. The summed E-state index contributed by atoms with van der Waals surface area (Å²) in [5.41, 5.74) is 2.73. The molecule has 6 rings (SSSR count). The molecule has 3 aromatic rings. The molecule has 232 valence electrons. The molecule has 0 saturated carbocycles. The van der Waals surface area contributed by atoms with Gasteiger partial charge in [0.1, 0.15) is 12.4 Å². The summed E-state index contributed by atoms with van der Waals surface area (Å²) in [7, 11) is 0. The maximum atomic E-state index is 13.9. The second-order valence-corrected chi connectivity index (χ2v) is 12.0. The van der Waals surface area contributed by atoms with Gasteiger partial charge in [-0.25, -0.2) is 13.6 Å². The minimum atomic E-state index is -2.69. The van der Waals surface area contributed by atoms with Crippen molar-refractivity contribution in [3.63, 3.8) is 0 Å². The molecular weight excluding hydrogens is 592 g/mol. The van der Waals surface area contributed by atoms with Gasteiger partial charge in [-0.2, -0.15) is 15.2 Å². The van der Waals surface area contributed by atoms with Gasteiger partial charge in [0.05, 0.1) is 42.3 Å². The quantitative estimate of drug-likeness (QED) is 0.386.